The third-order valence-corrected chi connectivity index (χ3v) is 4.43. The number of benzene rings is 2. The second-order valence-electron chi connectivity index (χ2n) is 6.32. The molecule has 1 aliphatic rings. The lowest BCUT2D eigenvalue weighted by Gasteiger charge is -2.22. The fourth-order valence-corrected chi connectivity index (χ4v) is 3.16. The van der Waals surface area contributed by atoms with Crippen molar-refractivity contribution in [3.63, 3.8) is 0 Å². The maximum absolute atomic E-state index is 12.5. The number of hydrogen-bond acceptors (Lipinski definition) is 5. The largest absolute Gasteiger partial charge is 0.504 e. The first-order valence-electron chi connectivity index (χ1n) is 8.61. The van der Waals surface area contributed by atoms with E-state index in [2.05, 4.69) is 0 Å². The molecular weight excluding hydrogens is 346 g/mol. The van der Waals surface area contributed by atoms with Crippen LogP contribution in [0, 0.1) is 0 Å². The van der Waals surface area contributed by atoms with Crippen molar-refractivity contribution in [2.24, 2.45) is 0 Å². The van der Waals surface area contributed by atoms with Crippen LogP contribution in [0.4, 0.5) is 5.69 Å². The number of nitrogens with zero attached hydrogens (tertiary/aromatic N) is 1. The number of para-hydroxylation sites is 1. The third-order valence-electron chi connectivity index (χ3n) is 4.43. The fourth-order valence-electron chi connectivity index (χ4n) is 3.16. The van der Waals surface area contributed by atoms with E-state index in [1.54, 1.807) is 17.0 Å². The highest BCUT2D eigenvalue weighted by Gasteiger charge is 2.30. The number of aromatic hydroxyl groups is 1. The molecule has 0 aromatic heterocycles. The SMILES string of the molecule is COc1cc(C=CC(=O)OCC(=O)N2c3ccccc3CC2C)ccc1O. The van der Waals surface area contributed by atoms with Crippen LogP contribution in [0.3, 0.4) is 0 Å². The Kier molecular flexibility index (Phi) is 5.45. The number of ether oxygens (including phenoxy) is 2. The van der Waals surface area contributed by atoms with Gasteiger partial charge in [-0.1, -0.05) is 24.3 Å². The highest BCUT2D eigenvalue weighted by atomic mass is 16.5. The number of fused-ring (bicyclic) bond motifs is 1. The van der Waals surface area contributed by atoms with E-state index in [4.69, 9.17) is 9.47 Å². The molecule has 0 aliphatic carbocycles. The lowest BCUT2D eigenvalue weighted by molar-refractivity contribution is -0.143. The van der Waals surface area contributed by atoms with E-state index in [1.807, 2.05) is 31.2 Å². The van der Waals surface area contributed by atoms with E-state index in [9.17, 15) is 14.7 Å². The molecule has 6 heteroatoms. The Balaban J connectivity index is 1.58. The van der Waals surface area contributed by atoms with Gasteiger partial charge in [0.1, 0.15) is 0 Å². The van der Waals surface area contributed by atoms with Gasteiger partial charge in [-0.2, -0.15) is 0 Å². The summed E-state index contributed by atoms with van der Waals surface area (Å²) in [5.41, 5.74) is 2.65. The number of methoxy groups -OCH3 is 1. The molecule has 0 fully saturated rings. The molecule has 1 amide bonds. The smallest absolute Gasteiger partial charge is 0.331 e. The van der Waals surface area contributed by atoms with Crippen molar-refractivity contribution < 1.29 is 24.2 Å². The Hall–Kier alpha value is -3.28. The predicted molar refractivity (Wildman–Crippen MR) is 102 cm³/mol. The van der Waals surface area contributed by atoms with Crippen molar-refractivity contribution in [1.29, 1.82) is 0 Å². The van der Waals surface area contributed by atoms with E-state index in [-0.39, 0.29) is 24.3 Å². The number of esters is 1. The van der Waals surface area contributed by atoms with Crippen LogP contribution in [0.25, 0.3) is 6.08 Å². The predicted octanol–water partition coefficient (Wildman–Crippen LogP) is 2.94. The summed E-state index contributed by atoms with van der Waals surface area (Å²) < 4.78 is 10.1. The minimum atomic E-state index is -0.615. The van der Waals surface area contributed by atoms with E-state index in [0.717, 1.165) is 17.7 Å². The number of amides is 1. The standard InChI is InChI=1S/C21H21NO5/c1-14-11-16-5-3-4-6-17(16)22(14)20(24)13-27-21(25)10-8-15-7-9-18(23)19(12-15)26-2/h3-10,12,14,23H,11,13H2,1-2H3. The van der Waals surface area contributed by atoms with Crippen molar-refractivity contribution in [2.75, 3.05) is 18.6 Å². The topological polar surface area (TPSA) is 76.1 Å². The summed E-state index contributed by atoms with van der Waals surface area (Å²) in [6.07, 6.45) is 3.56. The molecule has 0 spiro atoms. The van der Waals surface area contributed by atoms with Gasteiger partial charge in [-0.3, -0.25) is 4.79 Å². The van der Waals surface area contributed by atoms with Crippen LogP contribution in [-0.4, -0.2) is 36.7 Å². The van der Waals surface area contributed by atoms with E-state index in [0.29, 0.717) is 11.3 Å². The summed E-state index contributed by atoms with van der Waals surface area (Å²) in [5.74, 6) is -0.541. The molecule has 140 valence electrons. The second kappa shape index (κ2) is 7.95. The lowest BCUT2D eigenvalue weighted by Crippen LogP contribution is -2.38. The monoisotopic (exact) mass is 367 g/mol. The molecule has 1 aliphatic heterocycles. The summed E-state index contributed by atoms with van der Waals surface area (Å²) in [5, 5.41) is 9.57. The van der Waals surface area contributed by atoms with Gasteiger partial charge in [0.15, 0.2) is 18.1 Å². The highest BCUT2D eigenvalue weighted by Crippen LogP contribution is 2.31. The number of anilines is 1. The van der Waals surface area contributed by atoms with Crippen LogP contribution in [0.1, 0.15) is 18.1 Å². The molecule has 2 aromatic rings. The van der Waals surface area contributed by atoms with Gasteiger partial charge in [-0.15, -0.1) is 0 Å². The van der Waals surface area contributed by atoms with Gasteiger partial charge >= 0.3 is 5.97 Å². The maximum Gasteiger partial charge on any atom is 0.331 e. The molecule has 1 atom stereocenters. The maximum atomic E-state index is 12.5. The minimum Gasteiger partial charge on any atom is -0.504 e. The molecule has 3 rings (SSSR count). The molecular formula is C21H21NO5. The van der Waals surface area contributed by atoms with Gasteiger partial charge in [-0.05, 0) is 48.7 Å². The molecule has 0 saturated carbocycles. The summed E-state index contributed by atoms with van der Waals surface area (Å²) in [4.78, 5) is 26.1. The molecule has 27 heavy (non-hydrogen) atoms. The normalized spacial score (nSPS) is 15.6. The van der Waals surface area contributed by atoms with Crippen LogP contribution in [-0.2, 0) is 20.7 Å². The Labute approximate surface area is 157 Å². The Morgan fingerprint density at radius 2 is 2.04 bits per heavy atom. The van der Waals surface area contributed by atoms with Crippen molar-refractivity contribution >= 4 is 23.6 Å². The summed E-state index contributed by atoms with van der Waals surface area (Å²) in [6.45, 7) is 1.65. The first-order chi connectivity index (χ1) is 13.0. The first-order valence-corrected chi connectivity index (χ1v) is 8.61. The van der Waals surface area contributed by atoms with Gasteiger partial charge < -0.3 is 19.5 Å². The van der Waals surface area contributed by atoms with E-state index >= 15 is 0 Å². The minimum absolute atomic E-state index is 0.0165. The molecule has 2 aromatic carbocycles. The van der Waals surface area contributed by atoms with Gasteiger partial charge in [0, 0.05) is 17.8 Å². The van der Waals surface area contributed by atoms with Crippen molar-refractivity contribution in [2.45, 2.75) is 19.4 Å². The molecule has 0 saturated heterocycles. The Bertz CT molecular complexity index is 890. The summed E-state index contributed by atoms with van der Waals surface area (Å²) in [7, 11) is 1.44. The van der Waals surface area contributed by atoms with Gasteiger partial charge in [0.2, 0.25) is 0 Å². The summed E-state index contributed by atoms with van der Waals surface area (Å²) >= 11 is 0. The van der Waals surface area contributed by atoms with Crippen molar-refractivity contribution in [3.8, 4) is 11.5 Å². The molecule has 0 radical (unpaired) electrons. The van der Waals surface area contributed by atoms with Crippen LogP contribution >= 0.6 is 0 Å². The molecule has 1 N–H and O–H groups in total. The average molecular weight is 367 g/mol. The van der Waals surface area contributed by atoms with Gasteiger partial charge in [0.05, 0.1) is 7.11 Å². The molecule has 1 unspecified atom stereocenters. The van der Waals surface area contributed by atoms with Crippen LogP contribution in [0.2, 0.25) is 0 Å². The zero-order valence-corrected chi connectivity index (χ0v) is 15.2. The number of rotatable bonds is 5. The number of hydrogen-bond donors (Lipinski definition) is 1. The Morgan fingerprint density at radius 1 is 1.26 bits per heavy atom. The molecule has 0 bridgehead atoms. The van der Waals surface area contributed by atoms with Crippen molar-refractivity contribution in [1.82, 2.24) is 0 Å². The van der Waals surface area contributed by atoms with Crippen LogP contribution in [0.15, 0.2) is 48.5 Å². The van der Waals surface area contributed by atoms with Gasteiger partial charge in [-0.25, -0.2) is 4.79 Å². The molecule has 6 nitrogen and oxygen atoms in total. The quantitative estimate of drug-likeness (QED) is 0.650. The van der Waals surface area contributed by atoms with Gasteiger partial charge in [0.25, 0.3) is 5.91 Å². The third kappa shape index (κ3) is 4.11. The Morgan fingerprint density at radius 3 is 2.81 bits per heavy atom. The number of carbonyl (C=O) groups excluding carboxylic acids is 2. The van der Waals surface area contributed by atoms with E-state index < -0.39 is 5.97 Å². The summed E-state index contributed by atoms with van der Waals surface area (Å²) in [6, 6.07) is 12.5. The van der Waals surface area contributed by atoms with Crippen molar-refractivity contribution in [3.05, 3.63) is 59.7 Å². The molecule has 1 heterocycles. The zero-order valence-electron chi connectivity index (χ0n) is 15.2. The van der Waals surface area contributed by atoms with Crippen LogP contribution in [0.5, 0.6) is 11.5 Å². The number of phenols is 1. The number of carbonyl (C=O) groups is 2. The van der Waals surface area contributed by atoms with Crippen LogP contribution < -0.4 is 9.64 Å². The number of phenolic OH excluding ortho intramolecular Hbond substituents is 1. The zero-order chi connectivity index (χ0) is 19.4. The lowest BCUT2D eigenvalue weighted by atomic mass is 10.1. The highest BCUT2D eigenvalue weighted by molar-refractivity contribution is 5.98. The average Bonchev–Trinajstić information content (AvgIpc) is 3.01. The fraction of sp³-hybridized carbons (Fsp3) is 0.238. The second-order valence-corrected chi connectivity index (χ2v) is 6.32. The van der Waals surface area contributed by atoms with E-state index in [1.165, 1.54) is 25.3 Å². The first kappa shape index (κ1) is 18.5.